The number of aliphatic carboxylic acids is 1. The molecule has 0 bridgehead atoms. The van der Waals surface area contributed by atoms with Gasteiger partial charge in [-0.1, -0.05) is 36.4 Å². The number of benzene rings is 2. The Bertz CT molecular complexity index is 831. The summed E-state index contributed by atoms with van der Waals surface area (Å²) in [7, 11) is 0. The zero-order chi connectivity index (χ0) is 19.2. The van der Waals surface area contributed by atoms with Crippen LogP contribution in [-0.2, 0) is 9.59 Å². The molecule has 3 rings (SSSR count). The normalized spacial score (nSPS) is 19.2. The number of carbonyl (C=O) groups is 2. The van der Waals surface area contributed by atoms with Gasteiger partial charge in [0.15, 0.2) is 0 Å². The second-order valence-corrected chi connectivity index (χ2v) is 6.47. The molecule has 2 atom stereocenters. The maximum atomic E-state index is 11.8. The van der Waals surface area contributed by atoms with E-state index in [9.17, 15) is 9.59 Å². The van der Waals surface area contributed by atoms with Gasteiger partial charge >= 0.3 is 5.97 Å². The number of carboxylic acid groups (broad SMARTS) is 1. The highest BCUT2D eigenvalue weighted by Crippen LogP contribution is 2.24. The van der Waals surface area contributed by atoms with Crippen molar-refractivity contribution in [1.82, 2.24) is 5.32 Å². The predicted octanol–water partition coefficient (Wildman–Crippen LogP) is 2.00. The third-order valence-corrected chi connectivity index (χ3v) is 4.48. The summed E-state index contributed by atoms with van der Waals surface area (Å²) in [4.78, 5) is 22.5. The summed E-state index contributed by atoms with van der Waals surface area (Å²) in [5.41, 5.74) is 3.05. The summed E-state index contributed by atoms with van der Waals surface area (Å²) in [5.74, 6) is 4.18. The molecule has 0 aliphatic carbocycles. The monoisotopic (exact) mass is 367 g/mol. The van der Waals surface area contributed by atoms with Crippen LogP contribution in [-0.4, -0.2) is 35.8 Å². The van der Waals surface area contributed by atoms with Crippen molar-refractivity contribution in [2.24, 2.45) is 16.9 Å². The van der Waals surface area contributed by atoms with Gasteiger partial charge in [-0.15, -0.1) is 0 Å². The van der Waals surface area contributed by atoms with Gasteiger partial charge in [0.25, 0.3) is 0 Å². The molecular weight excluding hydrogens is 346 g/mol. The first-order chi connectivity index (χ1) is 13.0. The fraction of sp³-hybridized carbons (Fsp3) is 0.250. The van der Waals surface area contributed by atoms with Gasteiger partial charge in [-0.25, -0.2) is 0 Å². The van der Waals surface area contributed by atoms with Crippen LogP contribution in [0.5, 0.6) is 5.75 Å². The van der Waals surface area contributed by atoms with E-state index in [4.69, 9.17) is 15.7 Å². The molecule has 27 heavy (non-hydrogen) atoms. The van der Waals surface area contributed by atoms with Crippen LogP contribution in [0.1, 0.15) is 18.4 Å². The van der Waals surface area contributed by atoms with Crippen molar-refractivity contribution in [1.29, 1.82) is 0 Å². The number of hydrogen-bond donors (Lipinski definition) is 3. The summed E-state index contributed by atoms with van der Waals surface area (Å²) in [6.45, 7) is 0.314. The fourth-order valence-corrected chi connectivity index (χ4v) is 3.11. The Labute approximate surface area is 156 Å². The van der Waals surface area contributed by atoms with Gasteiger partial charge in [0, 0.05) is 0 Å². The molecule has 2 aromatic rings. The molecule has 0 radical (unpaired) electrons. The second-order valence-electron chi connectivity index (χ2n) is 6.47. The number of nitrogens with one attached hydrogen (secondary N) is 1. The molecule has 2 aromatic carbocycles. The van der Waals surface area contributed by atoms with Gasteiger partial charge in [0.05, 0.1) is 24.6 Å². The number of rotatable bonds is 7. The summed E-state index contributed by atoms with van der Waals surface area (Å²) < 4.78 is 5.74. The molecule has 1 heterocycles. The minimum Gasteiger partial charge on any atom is -0.491 e. The largest absolute Gasteiger partial charge is 0.491 e. The second kappa shape index (κ2) is 8.35. The zero-order valence-electron chi connectivity index (χ0n) is 14.7. The van der Waals surface area contributed by atoms with Crippen molar-refractivity contribution in [3.05, 3.63) is 54.1 Å². The number of amides is 1. The average molecular weight is 367 g/mol. The highest BCUT2D eigenvalue weighted by molar-refractivity contribution is 5.85. The molecule has 0 aromatic heterocycles. The first kappa shape index (κ1) is 18.4. The van der Waals surface area contributed by atoms with Gasteiger partial charge in [0.1, 0.15) is 12.4 Å². The average Bonchev–Trinajstić information content (AvgIpc) is 3.00. The minimum atomic E-state index is -0.962. The molecule has 1 aliphatic heterocycles. The van der Waals surface area contributed by atoms with E-state index in [0.717, 1.165) is 16.7 Å². The third-order valence-electron chi connectivity index (χ3n) is 4.48. The lowest BCUT2D eigenvalue weighted by atomic mass is 10.0. The highest BCUT2D eigenvalue weighted by Gasteiger charge is 2.33. The van der Waals surface area contributed by atoms with Gasteiger partial charge in [-0.3, -0.25) is 9.59 Å². The highest BCUT2D eigenvalue weighted by atomic mass is 16.5. The molecule has 140 valence electrons. The van der Waals surface area contributed by atoms with Crippen molar-refractivity contribution in [2.75, 3.05) is 6.61 Å². The number of hydrazone groups is 1. The Morgan fingerprint density at radius 2 is 1.81 bits per heavy atom. The Morgan fingerprint density at radius 1 is 1.19 bits per heavy atom. The maximum absolute atomic E-state index is 11.8. The van der Waals surface area contributed by atoms with E-state index in [2.05, 4.69) is 10.4 Å². The Balaban J connectivity index is 1.55. The predicted molar refractivity (Wildman–Crippen MR) is 101 cm³/mol. The standard InChI is InChI=1S/C20H21N3O4/c21-22-11-13-1-3-14(4-2-13)15-5-7-18(8-6-15)27-12-17-9-16(10-19(24)25)20(26)23-17/h1-8,11,16-17H,9-10,12,21H2,(H,23,26)(H,24,25)/t16-,17-/m0/s1. The van der Waals surface area contributed by atoms with Crippen LogP contribution in [0.4, 0.5) is 0 Å². The Kier molecular flexibility index (Phi) is 5.71. The topological polar surface area (TPSA) is 114 Å². The maximum Gasteiger partial charge on any atom is 0.304 e. The van der Waals surface area contributed by atoms with Crippen LogP contribution in [0, 0.1) is 5.92 Å². The van der Waals surface area contributed by atoms with Gasteiger partial charge in [-0.05, 0) is 35.2 Å². The number of ether oxygens (including phenoxy) is 1. The first-order valence-corrected chi connectivity index (χ1v) is 8.64. The summed E-state index contributed by atoms with van der Waals surface area (Å²) >= 11 is 0. The van der Waals surface area contributed by atoms with E-state index in [1.54, 1.807) is 6.21 Å². The molecule has 0 saturated carbocycles. The van der Waals surface area contributed by atoms with Crippen LogP contribution in [0.3, 0.4) is 0 Å². The van der Waals surface area contributed by atoms with Crippen molar-refractivity contribution < 1.29 is 19.4 Å². The van der Waals surface area contributed by atoms with E-state index in [1.807, 2.05) is 48.5 Å². The molecule has 7 nitrogen and oxygen atoms in total. The lowest BCUT2D eigenvalue weighted by molar-refractivity contribution is -0.140. The van der Waals surface area contributed by atoms with E-state index < -0.39 is 11.9 Å². The molecule has 1 aliphatic rings. The van der Waals surface area contributed by atoms with Crippen LogP contribution < -0.4 is 15.9 Å². The first-order valence-electron chi connectivity index (χ1n) is 8.64. The van der Waals surface area contributed by atoms with Gasteiger partial charge in [-0.2, -0.15) is 5.10 Å². The SMILES string of the molecule is NN=Cc1ccc(-c2ccc(OC[C@@H]3C[C@@H](CC(=O)O)C(=O)N3)cc2)cc1. The quantitative estimate of drug-likeness (QED) is 0.393. The lowest BCUT2D eigenvalue weighted by Gasteiger charge is -2.12. The Morgan fingerprint density at radius 3 is 2.41 bits per heavy atom. The smallest absolute Gasteiger partial charge is 0.304 e. The molecular formula is C20H21N3O4. The van der Waals surface area contributed by atoms with E-state index >= 15 is 0 Å². The van der Waals surface area contributed by atoms with E-state index in [0.29, 0.717) is 18.8 Å². The van der Waals surface area contributed by atoms with Crippen molar-refractivity contribution in [3.8, 4) is 16.9 Å². The number of nitrogens with zero attached hydrogens (tertiary/aromatic N) is 1. The molecule has 0 spiro atoms. The number of hydrogen-bond acceptors (Lipinski definition) is 5. The molecule has 4 N–H and O–H groups in total. The summed E-state index contributed by atoms with van der Waals surface area (Å²) in [6, 6.07) is 15.3. The van der Waals surface area contributed by atoms with Crippen LogP contribution >= 0.6 is 0 Å². The van der Waals surface area contributed by atoms with Crippen LogP contribution in [0.2, 0.25) is 0 Å². The summed E-state index contributed by atoms with van der Waals surface area (Å²) in [6.07, 6.45) is 1.91. The Hall–Kier alpha value is -3.35. The van der Waals surface area contributed by atoms with Crippen molar-refractivity contribution >= 4 is 18.1 Å². The molecule has 1 amide bonds. The van der Waals surface area contributed by atoms with Crippen LogP contribution in [0.25, 0.3) is 11.1 Å². The van der Waals surface area contributed by atoms with Crippen molar-refractivity contribution in [3.63, 3.8) is 0 Å². The zero-order valence-corrected chi connectivity index (χ0v) is 14.7. The summed E-state index contributed by atoms with van der Waals surface area (Å²) in [5, 5.41) is 15.1. The number of carbonyl (C=O) groups excluding carboxylic acids is 1. The minimum absolute atomic E-state index is 0.146. The third kappa shape index (κ3) is 4.84. The fourth-order valence-electron chi connectivity index (χ4n) is 3.11. The number of carboxylic acids is 1. The van der Waals surface area contributed by atoms with Gasteiger partial charge in [0.2, 0.25) is 5.91 Å². The molecule has 1 fully saturated rings. The number of nitrogens with two attached hydrogens (primary N) is 1. The molecule has 1 saturated heterocycles. The van der Waals surface area contributed by atoms with E-state index in [1.165, 1.54) is 0 Å². The molecule has 7 heteroatoms. The van der Waals surface area contributed by atoms with Gasteiger partial charge < -0.3 is 21.0 Å². The molecule has 0 unspecified atom stereocenters. The lowest BCUT2D eigenvalue weighted by Crippen LogP contribution is -2.31. The van der Waals surface area contributed by atoms with E-state index in [-0.39, 0.29) is 18.4 Å². The van der Waals surface area contributed by atoms with Crippen LogP contribution in [0.15, 0.2) is 53.6 Å². The van der Waals surface area contributed by atoms with Crippen molar-refractivity contribution in [2.45, 2.75) is 18.9 Å².